The lowest BCUT2D eigenvalue weighted by Crippen LogP contribution is -2.26. The summed E-state index contributed by atoms with van der Waals surface area (Å²) in [4.78, 5) is 23.6. The SMILES string of the molecule is Cc1nc(C(=O)Nc2ccc(Cl)c(Cl)c2)cc(N2CCCCCC2)n1. The van der Waals surface area contributed by atoms with Crippen molar-refractivity contribution in [3.63, 3.8) is 0 Å². The van der Waals surface area contributed by atoms with Gasteiger partial charge in [-0.05, 0) is 38.0 Å². The number of rotatable bonds is 3. The maximum atomic E-state index is 12.6. The van der Waals surface area contributed by atoms with Crippen molar-refractivity contribution in [1.29, 1.82) is 0 Å². The van der Waals surface area contributed by atoms with E-state index in [4.69, 9.17) is 23.2 Å². The van der Waals surface area contributed by atoms with Crippen LogP contribution in [0.15, 0.2) is 24.3 Å². The van der Waals surface area contributed by atoms with E-state index in [0.29, 0.717) is 27.3 Å². The van der Waals surface area contributed by atoms with Gasteiger partial charge in [-0.1, -0.05) is 36.0 Å². The van der Waals surface area contributed by atoms with Gasteiger partial charge in [0, 0.05) is 24.8 Å². The van der Waals surface area contributed by atoms with Gasteiger partial charge in [-0.25, -0.2) is 9.97 Å². The third kappa shape index (κ3) is 4.61. The Morgan fingerprint density at radius 2 is 1.76 bits per heavy atom. The van der Waals surface area contributed by atoms with Crippen LogP contribution in [-0.2, 0) is 0 Å². The zero-order valence-corrected chi connectivity index (χ0v) is 15.6. The standard InChI is InChI=1S/C18H20Cl2N4O/c1-12-21-16(11-17(22-12)24-8-4-2-3-5-9-24)18(25)23-13-6-7-14(19)15(20)10-13/h6-7,10-11H,2-5,8-9H2,1H3,(H,23,25). The molecule has 0 aliphatic carbocycles. The highest BCUT2D eigenvalue weighted by Crippen LogP contribution is 2.25. The first-order chi connectivity index (χ1) is 12.0. The molecule has 1 saturated heterocycles. The van der Waals surface area contributed by atoms with Crippen LogP contribution < -0.4 is 10.2 Å². The van der Waals surface area contributed by atoms with E-state index in [1.54, 1.807) is 31.2 Å². The number of benzene rings is 1. The number of carbonyl (C=O) groups excluding carboxylic acids is 1. The molecule has 1 aromatic carbocycles. The Hall–Kier alpha value is -1.85. The number of hydrogen-bond donors (Lipinski definition) is 1. The number of hydrogen-bond acceptors (Lipinski definition) is 4. The predicted molar refractivity (Wildman–Crippen MR) is 102 cm³/mol. The van der Waals surface area contributed by atoms with Crippen LogP contribution in [0.4, 0.5) is 11.5 Å². The molecule has 5 nitrogen and oxygen atoms in total. The lowest BCUT2D eigenvalue weighted by Gasteiger charge is -2.22. The molecule has 1 N–H and O–H groups in total. The fourth-order valence-corrected chi connectivity index (χ4v) is 3.20. The number of aromatic nitrogens is 2. The van der Waals surface area contributed by atoms with Crippen LogP contribution in [0.25, 0.3) is 0 Å². The van der Waals surface area contributed by atoms with Crippen LogP contribution in [0.3, 0.4) is 0 Å². The van der Waals surface area contributed by atoms with Crippen LogP contribution in [-0.4, -0.2) is 29.0 Å². The number of nitrogens with one attached hydrogen (secondary N) is 1. The first-order valence-corrected chi connectivity index (χ1v) is 9.15. The van der Waals surface area contributed by atoms with E-state index >= 15 is 0 Å². The molecule has 3 rings (SSSR count). The Kier molecular flexibility index (Phi) is 5.76. The Morgan fingerprint density at radius 3 is 2.44 bits per heavy atom. The van der Waals surface area contributed by atoms with Gasteiger partial charge in [0.05, 0.1) is 10.0 Å². The Bertz CT molecular complexity index is 774. The summed E-state index contributed by atoms with van der Waals surface area (Å²) in [5.41, 5.74) is 0.921. The largest absolute Gasteiger partial charge is 0.356 e. The van der Waals surface area contributed by atoms with Crippen molar-refractivity contribution in [1.82, 2.24) is 9.97 Å². The molecular weight excluding hydrogens is 359 g/mol. The molecule has 1 aliphatic rings. The zero-order valence-electron chi connectivity index (χ0n) is 14.1. The average molecular weight is 379 g/mol. The number of aryl methyl sites for hydroxylation is 1. The van der Waals surface area contributed by atoms with Crippen LogP contribution in [0, 0.1) is 6.92 Å². The smallest absolute Gasteiger partial charge is 0.274 e. The third-order valence-electron chi connectivity index (χ3n) is 4.16. The first-order valence-electron chi connectivity index (χ1n) is 8.40. The summed E-state index contributed by atoms with van der Waals surface area (Å²) in [7, 11) is 0. The molecule has 2 aromatic rings. The minimum Gasteiger partial charge on any atom is -0.356 e. The van der Waals surface area contributed by atoms with Gasteiger partial charge in [0.25, 0.3) is 5.91 Å². The molecule has 0 saturated carbocycles. The number of halogens is 2. The highest BCUT2D eigenvalue weighted by molar-refractivity contribution is 6.42. The Balaban J connectivity index is 1.80. The molecule has 7 heteroatoms. The molecule has 132 valence electrons. The molecule has 0 spiro atoms. The van der Waals surface area contributed by atoms with E-state index < -0.39 is 0 Å². The van der Waals surface area contributed by atoms with Gasteiger partial charge in [0.1, 0.15) is 17.3 Å². The van der Waals surface area contributed by atoms with Crippen molar-refractivity contribution in [3.05, 3.63) is 45.8 Å². The summed E-state index contributed by atoms with van der Waals surface area (Å²) < 4.78 is 0. The molecular formula is C18H20Cl2N4O. The number of nitrogens with zero attached hydrogens (tertiary/aromatic N) is 3. The van der Waals surface area contributed by atoms with Crippen molar-refractivity contribution >= 4 is 40.6 Å². The van der Waals surface area contributed by atoms with Crippen molar-refractivity contribution in [3.8, 4) is 0 Å². The summed E-state index contributed by atoms with van der Waals surface area (Å²) >= 11 is 11.9. The second kappa shape index (κ2) is 8.02. The minimum absolute atomic E-state index is 0.292. The van der Waals surface area contributed by atoms with Crippen molar-refractivity contribution in [2.24, 2.45) is 0 Å². The molecule has 1 aromatic heterocycles. The highest BCUT2D eigenvalue weighted by atomic mass is 35.5. The van der Waals surface area contributed by atoms with Crippen LogP contribution in [0.1, 0.15) is 42.0 Å². The third-order valence-corrected chi connectivity index (χ3v) is 4.90. The van der Waals surface area contributed by atoms with Gasteiger partial charge < -0.3 is 10.2 Å². The molecule has 0 atom stereocenters. The van der Waals surface area contributed by atoms with Crippen molar-refractivity contribution in [2.75, 3.05) is 23.3 Å². The lowest BCUT2D eigenvalue weighted by molar-refractivity contribution is 0.102. The van der Waals surface area contributed by atoms with Gasteiger partial charge in [-0.2, -0.15) is 0 Å². The number of anilines is 2. The second-order valence-corrected chi connectivity index (χ2v) is 6.96. The Morgan fingerprint density at radius 1 is 1.04 bits per heavy atom. The van der Waals surface area contributed by atoms with E-state index in [1.165, 1.54) is 12.8 Å². The molecule has 1 fully saturated rings. The number of carbonyl (C=O) groups is 1. The summed E-state index contributed by atoms with van der Waals surface area (Å²) in [6, 6.07) is 6.72. The second-order valence-electron chi connectivity index (χ2n) is 6.14. The monoisotopic (exact) mass is 378 g/mol. The summed E-state index contributed by atoms with van der Waals surface area (Å²) in [6.07, 6.45) is 4.78. The average Bonchev–Trinajstić information content (AvgIpc) is 2.87. The fraction of sp³-hybridized carbons (Fsp3) is 0.389. The molecule has 0 bridgehead atoms. The topological polar surface area (TPSA) is 58.1 Å². The van der Waals surface area contributed by atoms with Gasteiger partial charge in [0.2, 0.25) is 0 Å². The van der Waals surface area contributed by atoms with E-state index in [-0.39, 0.29) is 5.91 Å². The van der Waals surface area contributed by atoms with Gasteiger partial charge >= 0.3 is 0 Å². The van der Waals surface area contributed by atoms with Crippen LogP contribution in [0.5, 0.6) is 0 Å². The minimum atomic E-state index is -0.292. The maximum absolute atomic E-state index is 12.6. The quantitative estimate of drug-likeness (QED) is 0.838. The van der Waals surface area contributed by atoms with Gasteiger partial charge in [-0.3, -0.25) is 4.79 Å². The molecule has 1 aliphatic heterocycles. The summed E-state index contributed by atoms with van der Waals surface area (Å²) in [5.74, 6) is 1.11. The first kappa shape index (κ1) is 18.0. The summed E-state index contributed by atoms with van der Waals surface area (Å²) in [5, 5.41) is 3.64. The maximum Gasteiger partial charge on any atom is 0.274 e. The molecule has 2 heterocycles. The fourth-order valence-electron chi connectivity index (χ4n) is 2.90. The van der Waals surface area contributed by atoms with Crippen molar-refractivity contribution < 1.29 is 4.79 Å². The van der Waals surface area contributed by atoms with Crippen molar-refractivity contribution in [2.45, 2.75) is 32.6 Å². The van der Waals surface area contributed by atoms with E-state index in [2.05, 4.69) is 20.2 Å². The zero-order chi connectivity index (χ0) is 17.8. The summed E-state index contributed by atoms with van der Waals surface area (Å²) in [6.45, 7) is 3.73. The van der Waals surface area contributed by atoms with E-state index in [9.17, 15) is 4.79 Å². The van der Waals surface area contributed by atoms with E-state index in [1.807, 2.05) is 0 Å². The van der Waals surface area contributed by atoms with Gasteiger partial charge in [0.15, 0.2) is 0 Å². The lowest BCUT2D eigenvalue weighted by atomic mass is 10.2. The van der Waals surface area contributed by atoms with Crippen LogP contribution in [0.2, 0.25) is 10.0 Å². The molecule has 0 unspecified atom stereocenters. The Labute approximate surface area is 157 Å². The highest BCUT2D eigenvalue weighted by Gasteiger charge is 2.16. The van der Waals surface area contributed by atoms with Gasteiger partial charge in [-0.15, -0.1) is 0 Å². The number of amides is 1. The predicted octanol–water partition coefficient (Wildman–Crippen LogP) is 4.72. The van der Waals surface area contributed by atoms with Crippen LogP contribution >= 0.6 is 23.2 Å². The molecule has 25 heavy (non-hydrogen) atoms. The van der Waals surface area contributed by atoms with E-state index in [0.717, 1.165) is 31.7 Å². The molecule has 0 radical (unpaired) electrons. The molecule has 1 amide bonds. The normalized spacial score (nSPS) is 14.9.